The number of amides is 1. The van der Waals surface area contributed by atoms with E-state index in [0.717, 1.165) is 57.7 Å². The lowest BCUT2D eigenvalue weighted by atomic mass is 9.93. The van der Waals surface area contributed by atoms with Gasteiger partial charge in [0.25, 0.3) is 0 Å². The van der Waals surface area contributed by atoms with Gasteiger partial charge in [0, 0.05) is 31.7 Å². The third-order valence-electron chi connectivity index (χ3n) is 5.54. The van der Waals surface area contributed by atoms with Crippen molar-refractivity contribution >= 4 is 6.09 Å². The van der Waals surface area contributed by atoms with Gasteiger partial charge in [-0.1, -0.05) is 38.1 Å². The Bertz CT molecular complexity index is 561. The summed E-state index contributed by atoms with van der Waals surface area (Å²) in [4.78, 5) is 16.3. The lowest BCUT2D eigenvalue weighted by Crippen LogP contribution is -2.41. The molecule has 1 amide bonds. The van der Waals surface area contributed by atoms with Crippen LogP contribution in [-0.4, -0.2) is 55.2 Å². The van der Waals surface area contributed by atoms with Crippen LogP contribution < -0.4 is 5.32 Å². The van der Waals surface area contributed by atoms with E-state index in [4.69, 9.17) is 4.74 Å². The molecule has 152 valence electrons. The lowest BCUT2D eigenvalue weighted by molar-refractivity contribution is 0.0894. The van der Waals surface area contributed by atoms with Gasteiger partial charge in [0.05, 0.1) is 0 Å². The number of hydrogen-bond donors (Lipinski definition) is 1. The van der Waals surface area contributed by atoms with Crippen LogP contribution in [0.25, 0.3) is 0 Å². The highest BCUT2D eigenvalue weighted by Crippen LogP contribution is 2.21. The molecule has 1 fully saturated rings. The number of ether oxygens (including phenoxy) is 1. The Kier molecular flexibility index (Phi) is 8.58. The molecule has 1 N–H and O–H groups in total. The number of rotatable bonds is 9. The van der Waals surface area contributed by atoms with Gasteiger partial charge < -0.3 is 19.9 Å². The minimum atomic E-state index is -0.183. The van der Waals surface area contributed by atoms with Crippen LogP contribution in [0.4, 0.5) is 4.79 Å². The normalized spacial score (nSPS) is 15.2. The molecule has 5 nitrogen and oxygen atoms in total. The molecule has 1 aliphatic heterocycles. The quantitative estimate of drug-likeness (QED) is 0.709. The van der Waals surface area contributed by atoms with Crippen molar-refractivity contribution in [3.63, 3.8) is 0 Å². The van der Waals surface area contributed by atoms with Crippen molar-refractivity contribution in [2.75, 3.05) is 39.3 Å². The summed E-state index contributed by atoms with van der Waals surface area (Å²) in [6.45, 7) is 15.0. The van der Waals surface area contributed by atoms with Crippen molar-refractivity contribution in [3.05, 3.63) is 35.4 Å². The molecule has 0 unspecified atom stereocenters. The molecule has 27 heavy (non-hydrogen) atoms. The minimum absolute atomic E-state index is 0.0871. The first kappa shape index (κ1) is 21.7. The smallest absolute Gasteiger partial charge is 0.410 e. The van der Waals surface area contributed by atoms with Crippen LogP contribution >= 0.6 is 0 Å². The van der Waals surface area contributed by atoms with Crippen LogP contribution in [0, 0.1) is 0 Å². The minimum Gasteiger partial charge on any atom is -0.445 e. The van der Waals surface area contributed by atoms with E-state index in [0.29, 0.717) is 6.61 Å². The van der Waals surface area contributed by atoms with E-state index >= 15 is 0 Å². The molecule has 5 heteroatoms. The average Bonchev–Trinajstić information content (AvgIpc) is 2.70. The third kappa shape index (κ3) is 6.82. The van der Waals surface area contributed by atoms with Crippen molar-refractivity contribution in [2.45, 2.75) is 59.1 Å². The number of piperidine rings is 1. The zero-order chi connectivity index (χ0) is 19.7. The molecule has 0 spiro atoms. The van der Waals surface area contributed by atoms with E-state index in [1.54, 1.807) is 0 Å². The standard InChI is InChI=1S/C22H37N3O2/c1-5-24(6-2)17-14-23-22(3,4)20-12-10-19(11-13-20)18-27-21(26)25-15-8-7-9-16-25/h10-13,23H,5-9,14-18H2,1-4H3. The Morgan fingerprint density at radius 1 is 1.11 bits per heavy atom. The molecule has 1 heterocycles. The first-order valence-electron chi connectivity index (χ1n) is 10.4. The number of likely N-dealkylation sites (N-methyl/N-ethyl adjacent to an activating group) is 1. The summed E-state index contributed by atoms with van der Waals surface area (Å²) < 4.78 is 5.47. The van der Waals surface area contributed by atoms with E-state index in [1.165, 1.54) is 12.0 Å². The van der Waals surface area contributed by atoms with E-state index in [2.05, 4.69) is 62.2 Å². The number of nitrogens with zero attached hydrogens (tertiary/aromatic N) is 2. The second kappa shape index (κ2) is 10.7. The number of nitrogens with one attached hydrogen (secondary N) is 1. The zero-order valence-corrected chi connectivity index (χ0v) is 17.6. The van der Waals surface area contributed by atoms with Crippen molar-refractivity contribution in [3.8, 4) is 0 Å². The molecule has 0 aliphatic carbocycles. The van der Waals surface area contributed by atoms with Crippen molar-refractivity contribution in [1.82, 2.24) is 15.1 Å². The zero-order valence-electron chi connectivity index (χ0n) is 17.6. The molecular weight excluding hydrogens is 338 g/mol. The highest BCUT2D eigenvalue weighted by atomic mass is 16.6. The molecule has 2 rings (SSSR count). The van der Waals surface area contributed by atoms with Crippen molar-refractivity contribution in [2.24, 2.45) is 0 Å². The summed E-state index contributed by atoms with van der Waals surface area (Å²) in [5.41, 5.74) is 2.19. The molecule has 1 saturated heterocycles. The summed E-state index contributed by atoms with van der Waals surface area (Å²) in [5.74, 6) is 0. The van der Waals surface area contributed by atoms with Gasteiger partial charge in [-0.15, -0.1) is 0 Å². The van der Waals surface area contributed by atoms with E-state index in [1.807, 2.05) is 4.90 Å². The van der Waals surface area contributed by atoms with Crippen LogP contribution in [0.15, 0.2) is 24.3 Å². The van der Waals surface area contributed by atoms with Gasteiger partial charge in [0.15, 0.2) is 0 Å². The molecule has 0 atom stereocenters. The first-order valence-corrected chi connectivity index (χ1v) is 10.4. The largest absolute Gasteiger partial charge is 0.445 e. The van der Waals surface area contributed by atoms with E-state index < -0.39 is 0 Å². The number of carbonyl (C=O) groups excluding carboxylic acids is 1. The predicted octanol–water partition coefficient (Wildman–Crippen LogP) is 3.98. The molecule has 1 aromatic rings. The van der Waals surface area contributed by atoms with Gasteiger partial charge in [-0.05, 0) is 57.3 Å². The van der Waals surface area contributed by atoms with Gasteiger partial charge in [0.1, 0.15) is 6.61 Å². The fourth-order valence-corrected chi connectivity index (χ4v) is 3.50. The van der Waals surface area contributed by atoms with Crippen molar-refractivity contribution in [1.29, 1.82) is 0 Å². The van der Waals surface area contributed by atoms with Gasteiger partial charge in [-0.3, -0.25) is 0 Å². The monoisotopic (exact) mass is 375 g/mol. The number of hydrogen-bond acceptors (Lipinski definition) is 4. The molecule has 1 aromatic carbocycles. The van der Waals surface area contributed by atoms with E-state index in [9.17, 15) is 4.79 Å². The molecule has 0 bridgehead atoms. The van der Waals surface area contributed by atoms with Gasteiger partial charge in [-0.25, -0.2) is 4.79 Å². The van der Waals surface area contributed by atoms with E-state index in [-0.39, 0.29) is 11.6 Å². The van der Waals surface area contributed by atoms with Gasteiger partial charge in [-0.2, -0.15) is 0 Å². The van der Waals surface area contributed by atoms with Gasteiger partial charge >= 0.3 is 6.09 Å². The molecule has 1 aliphatic rings. The SMILES string of the molecule is CCN(CC)CCNC(C)(C)c1ccc(COC(=O)N2CCCCC2)cc1. The Labute approximate surface area is 165 Å². The molecule has 0 aromatic heterocycles. The maximum atomic E-state index is 12.1. The topological polar surface area (TPSA) is 44.8 Å². The highest BCUT2D eigenvalue weighted by molar-refractivity contribution is 5.67. The van der Waals surface area contributed by atoms with Crippen molar-refractivity contribution < 1.29 is 9.53 Å². The maximum absolute atomic E-state index is 12.1. The summed E-state index contributed by atoms with van der Waals surface area (Å²) in [6.07, 6.45) is 3.20. The second-order valence-electron chi connectivity index (χ2n) is 7.88. The number of carbonyl (C=O) groups is 1. The Balaban J connectivity index is 1.81. The first-order chi connectivity index (χ1) is 13.0. The van der Waals surface area contributed by atoms with Crippen LogP contribution in [0.2, 0.25) is 0 Å². The summed E-state index contributed by atoms with van der Waals surface area (Å²) in [6, 6.07) is 8.39. The number of likely N-dealkylation sites (tertiary alicyclic amines) is 1. The maximum Gasteiger partial charge on any atom is 0.410 e. The molecule has 0 saturated carbocycles. The second-order valence-corrected chi connectivity index (χ2v) is 7.88. The molecular formula is C22H37N3O2. The summed E-state index contributed by atoms with van der Waals surface area (Å²) in [7, 11) is 0. The van der Waals surface area contributed by atoms with Crippen LogP contribution in [0.5, 0.6) is 0 Å². The number of benzene rings is 1. The Morgan fingerprint density at radius 3 is 2.33 bits per heavy atom. The summed E-state index contributed by atoms with van der Waals surface area (Å²) >= 11 is 0. The lowest BCUT2D eigenvalue weighted by Gasteiger charge is -2.29. The average molecular weight is 376 g/mol. The van der Waals surface area contributed by atoms with Gasteiger partial charge in [0.2, 0.25) is 0 Å². The third-order valence-corrected chi connectivity index (χ3v) is 5.54. The fraction of sp³-hybridized carbons (Fsp3) is 0.682. The fourth-order valence-electron chi connectivity index (χ4n) is 3.50. The van der Waals surface area contributed by atoms with Crippen LogP contribution in [0.1, 0.15) is 58.1 Å². The van der Waals surface area contributed by atoms with Crippen LogP contribution in [0.3, 0.4) is 0 Å². The highest BCUT2D eigenvalue weighted by Gasteiger charge is 2.20. The Morgan fingerprint density at radius 2 is 1.74 bits per heavy atom. The molecule has 0 radical (unpaired) electrons. The van der Waals surface area contributed by atoms with Crippen LogP contribution in [-0.2, 0) is 16.9 Å². The Hall–Kier alpha value is -1.59. The predicted molar refractivity (Wildman–Crippen MR) is 111 cm³/mol. The summed E-state index contributed by atoms with van der Waals surface area (Å²) in [5, 5.41) is 3.65.